The lowest BCUT2D eigenvalue weighted by atomic mass is 10.6. The summed E-state index contributed by atoms with van der Waals surface area (Å²) in [7, 11) is 3.65. The zero-order valence-corrected chi connectivity index (χ0v) is 6.88. The first-order valence-corrected chi connectivity index (χ1v) is 3.35. The van der Waals surface area contributed by atoms with E-state index in [-0.39, 0.29) is 12.2 Å². The fourth-order valence-corrected chi connectivity index (χ4v) is 0.915. The Morgan fingerprint density at radius 3 is 2.55 bits per heavy atom. The molecule has 1 aliphatic rings. The highest BCUT2D eigenvalue weighted by atomic mass is 16.2. The Labute approximate surface area is 65.4 Å². The van der Waals surface area contributed by atoms with Gasteiger partial charge in [-0.25, -0.2) is 5.43 Å². The second-order valence-corrected chi connectivity index (χ2v) is 2.50. The normalized spacial score (nSPS) is 27.4. The summed E-state index contributed by atoms with van der Waals surface area (Å²) in [5.41, 5.74) is 5.86. The van der Waals surface area contributed by atoms with Crippen molar-refractivity contribution in [2.24, 2.45) is 0 Å². The molecule has 0 spiro atoms. The summed E-state index contributed by atoms with van der Waals surface area (Å²) in [5, 5.41) is 6.11. The van der Waals surface area contributed by atoms with E-state index in [2.05, 4.69) is 16.3 Å². The van der Waals surface area contributed by atoms with Crippen molar-refractivity contribution < 1.29 is 4.79 Å². The van der Waals surface area contributed by atoms with E-state index in [1.807, 2.05) is 14.1 Å². The number of amides is 1. The van der Waals surface area contributed by atoms with Crippen LogP contribution in [0, 0.1) is 0 Å². The fourth-order valence-electron chi connectivity index (χ4n) is 0.915. The van der Waals surface area contributed by atoms with E-state index in [0.29, 0.717) is 0 Å². The number of hydrogen-bond donors (Lipinski definition) is 3. The van der Waals surface area contributed by atoms with Crippen molar-refractivity contribution in [2.45, 2.75) is 13.2 Å². The first-order valence-electron chi connectivity index (χ1n) is 3.35. The molecule has 1 saturated heterocycles. The van der Waals surface area contributed by atoms with Crippen molar-refractivity contribution in [1.82, 2.24) is 26.4 Å². The van der Waals surface area contributed by atoms with Crippen LogP contribution in [0.25, 0.3) is 0 Å². The molecule has 0 aromatic carbocycles. The molecule has 1 atom stereocenters. The Morgan fingerprint density at radius 1 is 1.55 bits per heavy atom. The molecule has 1 fully saturated rings. The number of hydrazine groups is 3. The number of hydrogen-bond acceptors (Lipinski definition) is 5. The lowest BCUT2D eigenvalue weighted by Gasteiger charge is -2.16. The van der Waals surface area contributed by atoms with E-state index >= 15 is 0 Å². The Morgan fingerprint density at radius 2 is 2.18 bits per heavy atom. The summed E-state index contributed by atoms with van der Waals surface area (Å²) in [5.74, 6) is -0.0635. The second-order valence-electron chi connectivity index (χ2n) is 2.50. The molecule has 0 aromatic heterocycles. The largest absolute Gasteiger partial charge is 0.326 e. The molecular weight excluding hydrogens is 146 g/mol. The Hall–Kier alpha value is -0.690. The molecule has 64 valence electrons. The highest BCUT2D eigenvalue weighted by Crippen LogP contribution is 1.92. The molecule has 1 rings (SSSR count). The fraction of sp³-hybridized carbons (Fsp3) is 0.800. The van der Waals surface area contributed by atoms with Crippen LogP contribution < -0.4 is 16.3 Å². The maximum absolute atomic E-state index is 10.6. The highest BCUT2D eigenvalue weighted by Gasteiger charge is 2.23. The van der Waals surface area contributed by atoms with Gasteiger partial charge in [0.15, 0.2) is 6.29 Å². The van der Waals surface area contributed by atoms with E-state index in [0.717, 1.165) is 0 Å². The molecule has 0 aliphatic carbocycles. The van der Waals surface area contributed by atoms with Crippen molar-refractivity contribution in [3.05, 3.63) is 0 Å². The summed E-state index contributed by atoms with van der Waals surface area (Å²) < 4.78 is 0. The SMILES string of the molecule is CC(=O)NC1NN(C)NN1C. The number of rotatable bonds is 1. The van der Waals surface area contributed by atoms with E-state index in [1.165, 1.54) is 6.92 Å². The van der Waals surface area contributed by atoms with Gasteiger partial charge in [0.05, 0.1) is 0 Å². The lowest BCUT2D eigenvalue weighted by Crippen LogP contribution is -2.49. The molecule has 0 aromatic rings. The number of nitrogens with zero attached hydrogens (tertiary/aromatic N) is 2. The molecule has 1 unspecified atom stereocenters. The lowest BCUT2D eigenvalue weighted by molar-refractivity contribution is -0.120. The van der Waals surface area contributed by atoms with Gasteiger partial charge in [-0.1, -0.05) is 0 Å². The van der Waals surface area contributed by atoms with Crippen molar-refractivity contribution in [1.29, 1.82) is 0 Å². The summed E-state index contributed by atoms with van der Waals surface area (Å²) in [6.07, 6.45) is -0.169. The third-order valence-electron chi connectivity index (χ3n) is 1.35. The maximum Gasteiger partial charge on any atom is 0.219 e. The minimum Gasteiger partial charge on any atom is -0.326 e. The Bertz CT molecular complexity index is 161. The minimum atomic E-state index is -0.169. The smallest absolute Gasteiger partial charge is 0.219 e. The summed E-state index contributed by atoms with van der Waals surface area (Å²) >= 11 is 0. The average Bonchev–Trinajstić information content (AvgIpc) is 2.09. The van der Waals surface area contributed by atoms with Crippen molar-refractivity contribution >= 4 is 5.91 Å². The van der Waals surface area contributed by atoms with Gasteiger partial charge in [-0.2, -0.15) is 15.7 Å². The van der Waals surface area contributed by atoms with Crippen LogP contribution in [0.3, 0.4) is 0 Å². The van der Waals surface area contributed by atoms with Crippen molar-refractivity contribution in [3.63, 3.8) is 0 Å². The third kappa shape index (κ3) is 2.12. The van der Waals surface area contributed by atoms with Crippen LogP contribution in [0.1, 0.15) is 6.92 Å². The van der Waals surface area contributed by atoms with Crippen molar-refractivity contribution in [2.75, 3.05) is 14.1 Å². The van der Waals surface area contributed by atoms with Gasteiger partial charge in [0.1, 0.15) is 0 Å². The van der Waals surface area contributed by atoms with Crippen LogP contribution in [0.4, 0.5) is 0 Å². The van der Waals surface area contributed by atoms with E-state index < -0.39 is 0 Å². The quantitative estimate of drug-likeness (QED) is 0.422. The van der Waals surface area contributed by atoms with Gasteiger partial charge in [-0.05, 0) is 0 Å². The third-order valence-corrected chi connectivity index (χ3v) is 1.35. The predicted molar refractivity (Wildman–Crippen MR) is 39.4 cm³/mol. The van der Waals surface area contributed by atoms with E-state index in [4.69, 9.17) is 0 Å². The Balaban J connectivity index is 2.40. The first kappa shape index (κ1) is 8.41. The average molecular weight is 159 g/mol. The topological polar surface area (TPSA) is 59.6 Å². The summed E-state index contributed by atoms with van der Waals surface area (Å²) in [6.45, 7) is 1.48. The van der Waals surface area contributed by atoms with Gasteiger partial charge in [0, 0.05) is 21.0 Å². The van der Waals surface area contributed by atoms with Crippen LogP contribution in [0.5, 0.6) is 0 Å². The molecule has 6 nitrogen and oxygen atoms in total. The van der Waals surface area contributed by atoms with Crippen LogP contribution in [0.2, 0.25) is 0 Å². The van der Waals surface area contributed by atoms with Gasteiger partial charge >= 0.3 is 0 Å². The molecule has 1 aliphatic heterocycles. The molecule has 1 amide bonds. The van der Waals surface area contributed by atoms with Gasteiger partial charge in [0.25, 0.3) is 0 Å². The van der Waals surface area contributed by atoms with Crippen LogP contribution in [-0.2, 0) is 4.79 Å². The first-order chi connectivity index (χ1) is 5.09. The van der Waals surface area contributed by atoms with Gasteiger partial charge < -0.3 is 5.32 Å². The maximum atomic E-state index is 10.6. The minimum absolute atomic E-state index is 0.0635. The number of nitrogens with one attached hydrogen (secondary N) is 3. The van der Waals surface area contributed by atoms with E-state index in [1.54, 1.807) is 10.1 Å². The van der Waals surface area contributed by atoms with Gasteiger partial charge in [0.2, 0.25) is 5.91 Å². The van der Waals surface area contributed by atoms with E-state index in [9.17, 15) is 4.79 Å². The molecule has 0 bridgehead atoms. The molecule has 11 heavy (non-hydrogen) atoms. The second kappa shape index (κ2) is 3.14. The monoisotopic (exact) mass is 159 g/mol. The summed E-state index contributed by atoms with van der Waals surface area (Å²) in [6, 6.07) is 0. The zero-order chi connectivity index (χ0) is 8.43. The molecule has 0 radical (unpaired) electrons. The molecular formula is C5H13N5O. The molecule has 3 N–H and O–H groups in total. The molecule has 6 heteroatoms. The molecule has 0 saturated carbocycles. The summed E-state index contributed by atoms with van der Waals surface area (Å²) in [4.78, 5) is 10.6. The van der Waals surface area contributed by atoms with Crippen LogP contribution in [-0.4, -0.2) is 36.4 Å². The van der Waals surface area contributed by atoms with Crippen LogP contribution >= 0.6 is 0 Å². The Kier molecular flexibility index (Phi) is 2.40. The predicted octanol–water partition coefficient (Wildman–Crippen LogP) is -1.79. The highest BCUT2D eigenvalue weighted by molar-refractivity contribution is 5.73. The number of carbonyl (C=O) groups excluding carboxylic acids is 1. The van der Waals surface area contributed by atoms with Gasteiger partial charge in [-0.3, -0.25) is 4.79 Å². The number of carbonyl (C=O) groups is 1. The van der Waals surface area contributed by atoms with Crippen LogP contribution in [0.15, 0.2) is 0 Å². The van der Waals surface area contributed by atoms with Crippen molar-refractivity contribution in [3.8, 4) is 0 Å². The molecule has 1 heterocycles. The van der Waals surface area contributed by atoms with Gasteiger partial charge in [-0.15, -0.1) is 0 Å². The zero-order valence-electron chi connectivity index (χ0n) is 6.88. The standard InChI is InChI=1S/C5H13N5O/c1-4(11)6-5-7-10(3)8-9(5)2/h5,7-8H,1-3H3,(H,6,11).